The van der Waals surface area contributed by atoms with Gasteiger partial charge in [0.1, 0.15) is 12.1 Å². The molecule has 0 spiro atoms. The maximum Gasteiger partial charge on any atom is 0.253 e. The predicted octanol–water partition coefficient (Wildman–Crippen LogP) is 3.78. The van der Waals surface area contributed by atoms with Crippen molar-refractivity contribution >= 4 is 5.78 Å². The van der Waals surface area contributed by atoms with Crippen LogP contribution in [0.25, 0.3) is 28.3 Å². The zero-order valence-electron chi connectivity index (χ0n) is 13.5. The average molecular weight is 316 g/mol. The molecule has 0 saturated carbocycles. The molecule has 5 nitrogen and oxygen atoms in total. The molecule has 0 unspecified atom stereocenters. The minimum atomic E-state index is 0.582. The van der Waals surface area contributed by atoms with Crippen LogP contribution in [0.4, 0.5) is 0 Å². The number of hydrogen-bond acceptors (Lipinski definition) is 4. The van der Waals surface area contributed by atoms with Crippen LogP contribution in [0.15, 0.2) is 60.9 Å². The van der Waals surface area contributed by atoms with Gasteiger partial charge >= 0.3 is 0 Å². The van der Waals surface area contributed by atoms with Crippen molar-refractivity contribution in [2.24, 2.45) is 0 Å². The van der Waals surface area contributed by atoms with Gasteiger partial charge in [-0.15, -0.1) is 0 Å². The first-order valence-corrected chi connectivity index (χ1v) is 7.67. The Balaban J connectivity index is 1.90. The van der Waals surface area contributed by atoms with E-state index in [1.54, 1.807) is 11.6 Å². The maximum atomic E-state index is 5.23. The monoisotopic (exact) mass is 316 g/mol. The number of aromatic nitrogens is 4. The van der Waals surface area contributed by atoms with Crippen molar-refractivity contribution in [3.05, 3.63) is 66.5 Å². The summed E-state index contributed by atoms with van der Waals surface area (Å²) >= 11 is 0. The Bertz CT molecular complexity index is 988. The topological polar surface area (TPSA) is 52.3 Å². The molecule has 0 aliphatic heterocycles. The van der Waals surface area contributed by atoms with Crippen molar-refractivity contribution in [1.82, 2.24) is 19.6 Å². The Morgan fingerprint density at radius 1 is 0.917 bits per heavy atom. The fourth-order valence-electron chi connectivity index (χ4n) is 2.65. The Labute approximate surface area is 139 Å². The normalized spacial score (nSPS) is 10.9. The van der Waals surface area contributed by atoms with Gasteiger partial charge in [-0.2, -0.15) is 14.6 Å². The van der Waals surface area contributed by atoms with Crippen LogP contribution in [0, 0.1) is 6.92 Å². The van der Waals surface area contributed by atoms with E-state index >= 15 is 0 Å². The second-order valence-corrected chi connectivity index (χ2v) is 5.59. The minimum absolute atomic E-state index is 0.582. The van der Waals surface area contributed by atoms with Gasteiger partial charge in [-0.1, -0.05) is 29.8 Å². The summed E-state index contributed by atoms with van der Waals surface area (Å²) in [4.78, 5) is 8.88. The highest BCUT2D eigenvalue weighted by atomic mass is 16.5. The second kappa shape index (κ2) is 5.77. The van der Waals surface area contributed by atoms with Crippen molar-refractivity contribution in [2.75, 3.05) is 7.11 Å². The molecule has 4 rings (SSSR count). The summed E-state index contributed by atoms with van der Waals surface area (Å²) in [6.07, 6.45) is 1.52. The molecule has 5 heteroatoms. The summed E-state index contributed by atoms with van der Waals surface area (Å²) in [5.74, 6) is 1.40. The summed E-state index contributed by atoms with van der Waals surface area (Å²) < 4.78 is 6.98. The fourth-order valence-corrected chi connectivity index (χ4v) is 2.65. The molecule has 2 aromatic heterocycles. The summed E-state index contributed by atoms with van der Waals surface area (Å²) in [6.45, 7) is 2.07. The third-order valence-electron chi connectivity index (χ3n) is 3.98. The van der Waals surface area contributed by atoms with Crippen molar-refractivity contribution in [3.63, 3.8) is 0 Å². The van der Waals surface area contributed by atoms with Crippen molar-refractivity contribution in [2.45, 2.75) is 6.92 Å². The van der Waals surface area contributed by atoms with Gasteiger partial charge in [0.25, 0.3) is 5.78 Å². The number of benzene rings is 2. The average Bonchev–Trinajstić information content (AvgIpc) is 3.10. The molecule has 118 valence electrons. The highest BCUT2D eigenvalue weighted by Crippen LogP contribution is 2.27. The fraction of sp³-hybridized carbons (Fsp3) is 0.105. The number of ether oxygens (including phenoxy) is 1. The first-order chi connectivity index (χ1) is 11.7. The Kier molecular flexibility index (Phi) is 3.46. The van der Waals surface area contributed by atoms with Crippen LogP contribution < -0.4 is 4.74 Å². The first-order valence-electron chi connectivity index (χ1n) is 7.67. The van der Waals surface area contributed by atoms with E-state index in [0.29, 0.717) is 5.78 Å². The number of methoxy groups -OCH3 is 1. The molecule has 0 aliphatic carbocycles. The van der Waals surface area contributed by atoms with Gasteiger partial charge in [-0.05, 0) is 37.3 Å². The molecule has 0 amide bonds. The lowest BCUT2D eigenvalue weighted by atomic mass is 10.1. The number of aryl methyl sites for hydroxylation is 1. The Hall–Kier alpha value is -3.21. The Morgan fingerprint density at radius 3 is 2.33 bits per heavy atom. The largest absolute Gasteiger partial charge is 0.497 e. The van der Waals surface area contributed by atoms with E-state index < -0.39 is 0 Å². The van der Waals surface area contributed by atoms with Crippen molar-refractivity contribution < 1.29 is 4.74 Å². The van der Waals surface area contributed by atoms with Gasteiger partial charge in [0.05, 0.1) is 18.5 Å². The van der Waals surface area contributed by atoms with E-state index in [0.717, 1.165) is 28.3 Å². The molecule has 0 radical (unpaired) electrons. The molecule has 2 aromatic carbocycles. The van der Waals surface area contributed by atoms with E-state index in [9.17, 15) is 0 Å². The number of fused-ring (bicyclic) bond motifs is 1. The molecule has 0 bridgehead atoms. The maximum absolute atomic E-state index is 5.23. The van der Waals surface area contributed by atoms with Crippen LogP contribution in [0.1, 0.15) is 5.56 Å². The van der Waals surface area contributed by atoms with E-state index in [1.807, 2.05) is 30.3 Å². The summed E-state index contributed by atoms with van der Waals surface area (Å²) in [5, 5.41) is 4.30. The first kappa shape index (κ1) is 14.4. The highest BCUT2D eigenvalue weighted by molar-refractivity contribution is 5.70. The van der Waals surface area contributed by atoms with Crippen LogP contribution in [0.5, 0.6) is 5.75 Å². The zero-order chi connectivity index (χ0) is 16.5. The molecule has 0 fully saturated rings. The SMILES string of the molecule is COc1ccc(-c2cc(-c3ccc(C)cc3)nc3ncnn23)cc1. The van der Waals surface area contributed by atoms with E-state index in [1.165, 1.54) is 11.9 Å². The third-order valence-corrected chi connectivity index (χ3v) is 3.98. The lowest BCUT2D eigenvalue weighted by Gasteiger charge is -2.09. The molecular formula is C19H16N4O. The van der Waals surface area contributed by atoms with Crippen molar-refractivity contribution in [3.8, 4) is 28.3 Å². The molecule has 0 aliphatic rings. The number of hydrogen-bond donors (Lipinski definition) is 0. The molecule has 4 aromatic rings. The third kappa shape index (κ3) is 2.50. The van der Waals surface area contributed by atoms with Gasteiger partial charge in [0.2, 0.25) is 0 Å². The quantitative estimate of drug-likeness (QED) is 0.577. The lowest BCUT2D eigenvalue weighted by Crippen LogP contribution is -1.99. The smallest absolute Gasteiger partial charge is 0.253 e. The number of nitrogens with zero attached hydrogens (tertiary/aromatic N) is 4. The van der Waals surface area contributed by atoms with Crippen LogP contribution in [0.3, 0.4) is 0 Å². The van der Waals surface area contributed by atoms with E-state index in [-0.39, 0.29) is 0 Å². The summed E-state index contributed by atoms with van der Waals surface area (Å²) in [5.41, 5.74) is 5.12. The zero-order valence-corrected chi connectivity index (χ0v) is 13.5. The molecule has 0 atom stereocenters. The lowest BCUT2D eigenvalue weighted by molar-refractivity contribution is 0.415. The summed E-state index contributed by atoms with van der Waals surface area (Å²) in [6, 6.07) is 18.2. The molecule has 0 N–H and O–H groups in total. The Morgan fingerprint density at radius 2 is 1.62 bits per heavy atom. The van der Waals surface area contributed by atoms with Gasteiger partial charge in [0.15, 0.2) is 0 Å². The van der Waals surface area contributed by atoms with Crippen LogP contribution in [-0.2, 0) is 0 Å². The van der Waals surface area contributed by atoms with E-state index in [2.05, 4.69) is 46.3 Å². The van der Waals surface area contributed by atoms with Gasteiger partial charge < -0.3 is 4.74 Å². The van der Waals surface area contributed by atoms with Crippen LogP contribution in [-0.4, -0.2) is 26.7 Å². The second-order valence-electron chi connectivity index (χ2n) is 5.59. The number of rotatable bonds is 3. The minimum Gasteiger partial charge on any atom is -0.497 e. The standard InChI is InChI=1S/C19H16N4O/c1-13-3-5-14(6-4-13)17-11-18(23-19(22-17)20-12-21-23)15-7-9-16(24-2)10-8-15/h3-12H,1-2H3. The molecule has 24 heavy (non-hydrogen) atoms. The molecule has 2 heterocycles. The predicted molar refractivity (Wildman–Crippen MR) is 92.9 cm³/mol. The van der Waals surface area contributed by atoms with Gasteiger partial charge in [-0.25, -0.2) is 4.98 Å². The van der Waals surface area contributed by atoms with Crippen LogP contribution >= 0.6 is 0 Å². The molecular weight excluding hydrogens is 300 g/mol. The van der Waals surface area contributed by atoms with Gasteiger partial charge in [0, 0.05) is 11.1 Å². The molecule has 0 saturated heterocycles. The van der Waals surface area contributed by atoms with Gasteiger partial charge in [-0.3, -0.25) is 0 Å². The summed E-state index contributed by atoms with van der Waals surface area (Å²) in [7, 11) is 1.66. The highest BCUT2D eigenvalue weighted by Gasteiger charge is 2.11. The van der Waals surface area contributed by atoms with E-state index in [4.69, 9.17) is 4.74 Å². The van der Waals surface area contributed by atoms with Crippen LogP contribution in [0.2, 0.25) is 0 Å². The van der Waals surface area contributed by atoms with Crippen molar-refractivity contribution in [1.29, 1.82) is 0 Å².